The molecule has 0 saturated carbocycles. The Labute approximate surface area is 190 Å². The zero-order chi connectivity index (χ0) is 22.5. The normalized spacial score (nSPS) is 12.4. The number of benzene rings is 2. The van der Waals surface area contributed by atoms with Crippen LogP contribution >= 0.6 is 11.6 Å². The molecule has 1 aliphatic rings. The molecule has 0 bridgehead atoms. The molecule has 162 valence electrons. The number of halogens is 1. The van der Waals surface area contributed by atoms with Crippen LogP contribution in [0.1, 0.15) is 39.5 Å². The van der Waals surface area contributed by atoms with Crippen molar-refractivity contribution >= 4 is 29.7 Å². The lowest BCUT2D eigenvalue weighted by Crippen LogP contribution is -2.26. The van der Waals surface area contributed by atoms with Crippen LogP contribution in [0.5, 0.6) is 0 Å². The van der Waals surface area contributed by atoms with Crippen LogP contribution in [-0.4, -0.2) is 35.3 Å². The summed E-state index contributed by atoms with van der Waals surface area (Å²) in [6, 6.07) is 19.5. The van der Waals surface area contributed by atoms with E-state index in [0.29, 0.717) is 18.5 Å². The lowest BCUT2D eigenvalue weighted by atomic mass is 9.98. The van der Waals surface area contributed by atoms with Crippen LogP contribution in [0.3, 0.4) is 0 Å². The molecule has 1 heterocycles. The number of hydrogen-bond acceptors (Lipinski definition) is 4. The zero-order valence-electron chi connectivity index (χ0n) is 17.1. The number of amides is 1. The monoisotopic (exact) mass is 448 g/mol. The predicted molar refractivity (Wildman–Crippen MR) is 123 cm³/mol. The van der Waals surface area contributed by atoms with Crippen molar-refractivity contribution in [1.29, 1.82) is 0 Å². The minimum atomic E-state index is -1.15. The largest absolute Gasteiger partial charge is 0.476 e. The minimum absolute atomic E-state index is 0.0138. The van der Waals surface area contributed by atoms with E-state index in [9.17, 15) is 14.7 Å². The molecule has 3 aromatic rings. The Morgan fingerprint density at radius 1 is 1.03 bits per heavy atom. The van der Waals surface area contributed by atoms with Gasteiger partial charge in [0.25, 0.3) is 0 Å². The van der Waals surface area contributed by atoms with Crippen molar-refractivity contribution in [2.45, 2.75) is 12.3 Å². The lowest BCUT2D eigenvalue weighted by molar-refractivity contribution is 0.0690. The van der Waals surface area contributed by atoms with Gasteiger partial charge in [0.2, 0.25) is 0 Å². The molecule has 0 aliphatic heterocycles. The summed E-state index contributed by atoms with van der Waals surface area (Å²) < 4.78 is 5.49. The number of carbonyl (C=O) groups excluding carboxylic acids is 1. The molecular weight excluding hydrogens is 428 g/mol. The molecule has 2 N–H and O–H groups in total. The van der Waals surface area contributed by atoms with Crippen LogP contribution in [0.4, 0.5) is 4.79 Å². The van der Waals surface area contributed by atoms with Gasteiger partial charge in [-0.05, 0) is 40.8 Å². The number of carboxylic acid groups (broad SMARTS) is 1. The van der Waals surface area contributed by atoms with Gasteiger partial charge in [-0.3, -0.25) is 0 Å². The maximum Gasteiger partial charge on any atom is 0.407 e. The second kappa shape index (κ2) is 9.66. The first kappa shape index (κ1) is 21.6. The van der Waals surface area contributed by atoms with Gasteiger partial charge in [-0.2, -0.15) is 0 Å². The molecule has 32 heavy (non-hydrogen) atoms. The quantitative estimate of drug-likeness (QED) is 0.374. The van der Waals surface area contributed by atoms with Gasteiger partial charge in [-0.1, -0.05) is 72.3 Å². The highest BCUT2D eigenvalue weighted by atomic mass is 35.5. The molecule has 2 aromatic carbocycles. The third-order valence-electron chi connectivity index (χ3n) is 5.32. The Bertz CT molecular complexity index is 1150. The van der Waals surface area contributed by atoms with Crippen LogP contribution in [0.15, 0.2) is 66.7 Å². The molecule has 1 amide bonds. The fourth-order valence-electron chi connectivity index (χ4n) is 3.87. The van der Waals surface area contributed by atoms with Gasteiger partial charge < -0.3 is 15.2 Å². The molecule has 0 unspecified atom stereocenters. The van der Waals surface area contributed by atoms with Gasteiger partial charge >= 0.3 is 12.1 Å². The highest BCUT2D eigenvalue weighted by molar-refractivity contribution is 6.29. The van der Waals surface area contributed by atoms with Crippen molar-refractivity contribution in [2.24, 2.45) is 0 Å². The number of hydrogen-bond donors (Lipinski definition) is 2. The van der Waals surface area contributed by atoms with Crippen molar-refractivity contribution in [2.75, 3.05) is 13.2 Å². The third kappa shape index (κ3) is 4.65. The van der Waals surface area contributed by atoms with E-state index >= 15 is 0 Å². The topological polar surface area (TPSA) is 88.5 Å². The van der Waals surface area contributed by atoms with E-state index < -0.39 is 12.1 Å². The number of carbonyl (C=O) groups is 2. The maximum atomic E-state index is 12.2. The highest BCUT2D eigenvalue weighted by Gasteiger charge is 2.28. The SMILES string of the molecule is O=C(NCCC=Cc1ccc(Cl)nc1C(=O)O)OCC1c2ccccc2-c2ccccc21. The summed E-state index contributed by atoms with van der Waals surface area (Å²) in [6.45, 7) is 0.616. The van der Waals surface area contributed by atoms with E-state index in [4.69, 9.17) is 16.3 Å². The fraction of sp³-hybridized carbons (Fsp3) is 0.160. The predicted octanol–water partition coefficient (Wildman–Crippen LogP) is 5.38. The molecule has 0 spiro atoms. The first-order valence-electron chi connectivity index (χ1n) is 10.2. The number of ether oxygens (including phenoxy) is 1. The highest BCUT2D eigenvalue weighted by Crippen LogP contribution is 2.44. The Morgan fingerprint density at radius 3 is 2.34 bits per heavy atom. The van der Waals surface area contributed by atoms with Crippen LogP contribution in [-0.2, 0) is 4.74 Å². The second-order valence-electron chi connectivity index (χ2n) is 7.32. The summed E-state index contributed by atoms with van der Waals surface area (Å²) in [5.74, 6) is -1.14. The second-order valence-corrected chi connectivity index (χ2v) is 7.71. The summed E-state index contributed by atoms with van der Waals surface area (Å²) in [7, 11) is 0. The molecule has 0 saturated heterocycles. The van der Waals surface area contributed by atoms with Crippen molar-refractivity contribution in [3.63, 3.8) is 0 Å². The van der Waals surface area contributed by atoms with Gasteiger partial charge in [-0.15, -0.1) is 0 Å². The number of rotatable bonds is 7. The van der Waals surface area contributed by atoms with E-state index in [-0.39, 0.29) is 23.4 Å². The van der Waals surface area contributed by atoms with Crippen molar-refractivity contribution in [1.82, 2.24) is 10.3 Å². The summed E-state index contributed by atoms with van der Waals surface area (Å²) in [5, 5.41) is 12.1. The minimum Gasteiger partial charge on any atom is -0.476 e. The van der Waals surface area contributed by atoms with Gasteiger partial charge in [0, 0.05) is 18.0 Å². The summed E-state index contributed by atoms with van der Waals surface area (Å²) in [4.78, 5) is 27.3. The van der Waals surface area contributed by atoms with E-state index in [1.165, 1.54) is 17.2 Å². The first-order chi connectivity index (χ1) is 15.5. The molecule has 0 radical (unpaired) electrons. The fourth-order valence-corrected chi connectivity index (χ4v) is 4.02. The number of carboxylic acids is 1. The van der Waals surface area contributed by atoms with Crippen molar-refractivity contribution < 1.29 is 19.4 Å². The molecule has 0 atom stereocenters. The van der Waals surface area contributed by atoms with Crippen molar-refractivity contribution in [3.05, 3.63) is 94.3 Å². The molecule has 1 aliphatic carbocycles. The summed E-state index contributed by atoms with van der Waals surface area (Å²) in [5.41, 5.74) is 5.02. The van der Waals surface area contributed by atoms with Crippen LogP contribution in [0.25, 0.3) is 17.2 Å². The number of alkyl carbamates (subject to hydrolysis) is 1. The molecular formula is C25H21ClN2O4. The van der Waals surface area contributed by atoms with Crippen LogP contribution in [0, 0.1) is 0 Å². The molecule has 7 heteroatoms. The van der Waals surface area contributed by atoms with Crippen molar-refractivity contribution in [3.8, 4) is 11.1 Å². The van der Waals surface area contributed by atoms with E-state index in [0.717, 1.165) is 11.1 Å². The lowest BCUT2D eigenvalue weighted by Gasteiger charge is -2.14. The number of aromatic nitrogens is 1. The van der Waals surface area contributed by atoms with Gasteiger partial charge in [0.15, 0.2) is 5.69 Å². The average Bonchev–Trinajstić information content (AvgIpc) is 3.12. The Kier molecular flexibility index (Phi) is 6.52. The maximum absolute atomic E-state index is 12.2. The number of fused-ring (bicyclic) bond motifs is 3. The summed E-state index contributed by atoms with van der Waals surface area (Å²) in [6.07, 6.45) is 3.43. The van der Waals surface area contributed by atoms with Crippen LogP contribution < -0.4 is 5.32 Å². The third-order valence-corrected chi connectivity index (χ3v) is 5.53. The van der Waals surface area contributed by atoms with E-state index in [1.54, 1.807) is 18.2 Å². The number of nitrogens with zero attached hydrogens (tertiary/aromatic N) is 1. The average molecular weight is 449 g/mol. The Balaban J connectivity index is 1.29. The van der Waals surface area contributed by atoms with E-state index in [2.05, 4.69) is 34.6 Å². The van der Waals surface area contributed by atoms with E-state index in [1.807, 2.05) is 24.3 Å². The smallest absolute Gasteiger partial charge is 0.407 e. The molecule has 0 fully saturated rings. The Hall–Kier alpha value is -3.64. The van der Waals surface area contributed by atoms with Crippen LogP contribution in [0.2, 0.25) is 5.15 Å². The van der Waals surface area contributed by atoms with Gasteiger partial charge in [-0.25, -0.2) is 14.6 Å². The standard InChI is InChI=1S/C25H21ClN2O4/c26-22-13-12-16(23(28-22)24(29)30)7-5-6-14-27-25(31)32-15-21-19-10-3-1-8-17(19)18-9-2-4-11-20(18)21/h1-5,7-13,21H,6,14-15H2,(H,27,31)(H,29,30). The molecule has 4 rings (SSSR count). The van der Waals surface area contributed by atoms with Gasteiger partial charge in [0.05, 0.1) is 0 Å². The van der Waals surface area contributed by atoms with Gasteiger partial charge in [0.1, 0.15) is 11.8 Å². The Morgan fingerprint density at radius 2 is 1.69 bits per heavy atom. The summed E-state index contributed by atoms with van der Waals surface area (Å²) >= 11 is 5.75. The molecule has 6 nitrogen and oxygen atoms in total. The zero-order valence-corrected chi connectivity index (χ0v) is 17.9. The molecule has 1 aromatic heterocycles. The number of aromatic carboxylic acids is 1. The number of nitrogens with one attached hydrogen (secondary N) is 1. The first-order valence-corrected chi connectivity index (χ1v) is 10.6. The number of pyridine rings is 1.